The van der Waals surface area contributed by atoms with Crippen LogP contribution in [-0.4, -0.2) is 33.0 Å². The van der Waals surface area contributed by atoms with E-state index in [1.807, 2.05) is 18.2 Å². The highest BCUT2D eigenvalue weighted by Crippen LogP contribution is 2.39. The van der Waals surface area contributed by atoms with Crippen molar-refractivity contribution in [3.05, 3.63) is 46.6 Å². The molecule has 1 atom stereocenters. The normalized spacial score (nSPS) is 20.3. The SMILES string of the molecule is C[S+]([O-])c1cnc2ccc(-c3cc(Cl)c(O)c(Cl)c3)cc2c1NC1CCC(N)CC1. The Balaban J connectivity index is 1.81. The van der Waals surface area contributed by atoms with E-state index in [-0.39, 0.29) is 27.9 Å². The fourth-order valence-corrected chi connectivity index (χ4v) is 5.07. The van der Waals surface area contributed by atoms with Crippen molar-refractivity contribution >= 4 is 51.0 Å². The molecule has 0 amide bonds. The lowest BCUT2D eigenvalue weighted by Gasteiger charge is -2.28. The Kier molecular flexibility index (Phi) is 6.32. The van der Waals surface area contributed by atoms with E-state index < -0.39 is 11.2 Å². The van der Waals surface area contributed by atoms with Gasteiger partial charge in [0.1, 0.15) is 11.9 Å². The van der Waals surface area contributed by atoms with Gasteiger partial charge in [0.05, 0.1) is 21.8 Å². The summed E-state index contributed by atoms with van der Waals surface area (Å²) in [6.45, 7) is 0. The van der Waals surface area contributed by atoms with Crippen LogP contribution in [0.5, 0.6) is 5.75 Å². The zero-order valence-corrected chi connectivity index (χ0v) is 18.8. The van der Waals surface area contributed by atoms with Crippen LogP contribution in [0.4, 0.5) is 5.69 Å². The number of nitrogens with two attached hydrogens (primary N) is 1. The molecule has 0 radical (unpaired) electrons. The maximum atomic E-state index is 12.4. The van der Waals surface area contributed by atoms with Gasteiger partial charge in [-0.05, 0) is 72.3 Å². The summed E-state index contributed by atoms with van der Waals surface area (Å²) >= 11 is 11.0. The number of halogens is 2. The molecule has 1 saturated carbocycles. The highest BCUT2D eigenvalue weighted by molar-refractivity contribution is 7.90. The molecule has 4 N–H and O–H groups in total. The largest absolute Gasteiger partial charge is 0.612 e. The third-order valence-electron chi connectivity index (χ3n) is 5.61. The Morgan fingerprint density at radius 3 is 2.40 bits per heavy atom. The number of phenols is 1. The van der Waals surface area contributed by atoms with Crippen molar-refractivity contribution < 1.29 is 9.66 Å². The molecule has 0 saturated heterocycles. The van der Waals surface area contributed by atoms with E-state index in [0.717, 1.165) is 53.4 Å². The van der Waals surface area contributed by atoms with Gasteiger partial charge in [-0.15, -0.1) is 0 Å². The average molecular weight is 464 g/mol. The number of aromatic nitrogens is 1. The van der Waals surface area contributed by atoms with Gasteiger partial charge in [0.15, 0.2) is 10.6 Å². The highest BCUT2D eigenvalue weighted by atomic mass is 35.5. The van der Waals surface area contributed by atoms with Crippen LogP contribution in [0, 0.1) is 0 Å². The van der Waals surface area contributed by atoms with Crippen molar-refractivity contribution in [3.63, 3.8) is 0 Å². The summed E-state index contributed by atoms with van der Waals surface area (Å²) in [7, 11) is 0. The Hall–Kier alpha value is -1.70. The van der Waals surface area contributed by atoms with E-state index in [4.69, 9.17) is 28.9 Å². The maximum absolute atomic E-state index is 12.4. The first-order chi connectivity index (χ1) is 14.3. The molecule has 4 rings (SSSR count). The van der Waals surface area contributed by atoms with Gasteiger partial charge in [0.25, 0.3) is 0 Å². The van der Waals surface area contributed by atoms with Crippen LogP contribution in [0.2, 0.25) is 10.0 Å². The monoisotopic (exact) mass is 463 g/mol. The number of nitrogens with zero attached hydrogens (tertiary/aromatic N) is 1. The third kappa shape index (κ3) is 4.34. The van der Waals surface area contributed by atoms with Crippen molar-refractivity contribution in [2.24, 2.45) is 5.73 Å². The molecule has 0 aliphatic heterocycles. The topological polar surface area (TPSA) is 94.2 Å². The molecule has 1 fully saturated rings. The number of hydrogen-bond acceptors (Lipinski definition) is 5. The number of nitrogens with one attached hydrogen (secondary N) is 1. The lowest BCUT2D eigenvalue weighted by atomic mass is 9.91. The summed E-state index contributed by atoms with van der Waals surface area (Å²) in [5.41, 5.74) is 9.36. The molecular weight excluding hydrogens is 441 g/mol. The maximum Gasteiger partial charge on any atom is 0.194 e. The average Bonchev–Trinajstić information content (AvgIpc) is 2.73. The van der Waals surface area contributed by atoms with Crippen LogP contribution in [0.25, 0.3) is 22.0 Å². The van der Waals surface area contributed by atoms with Crippen LogP contribution < -0.4 is 11.1 Å². The van der Waals surface area contributed by atoms with Gasteiger partial charge in [-0.1, -0.05) is 29.3 Å². The molecule has 158 valence electrons. The summed E-state index contributed by atoms with van der Waals surface area (Å²) < 4.78 is 12.4. The zero-order chi connectivity index (χ0) is 21.4. The van der Waals surface area contributed by atoms with Gasteiger partial charge in [-0.3, -0.25) is 4.98 Å². The molecule has 3 aromatic rings. The van der Waals surface area contributed by atoms with E-state index in [1.54, 1.807) is 24.6 Å². The van der Waals surface area contributed by atoms with Gasteiger partial charge in [0, 0.05) is 17.5 Å². The summed E-state index contributed by atoms with van der Waals surface area (Å²) in [6.07, 6.45) is 7.24. The summed E-state index contributed by atoms with van der Waals surface area (Å²) in [5, 5.41) is 14.8. The van der Waals surface area contributed by atoms with E-state index in [0.29, 0.717) is 4.90 Å². The molecule has 0 spiro atoms. The number of anilines is 1. The number of fused-ring (bicyclic) bond motifs is 1. The first kappa shape index (κ1) is 21.5. The summed E-state index contributed by atoms with van der Waals surface area (Å²) in [6, 6.07) is 9.73. The Morgan fingerprint density at radius 2 is 1.77 bits per heavy atom. The number of hydrogen-bond donors (Lipinski definition) is 3. The first-order valence-corrected chi connectivity index (χ1v) is 12.1. The molecule has 1 aromatic heterocycles. The Labute approximate surface area is 188 Å². The molecule has 1 aliphatic rings. The molecule has 1 aliphatic carbocycles. The second-order valence-electron chi connectivity index (χ2n) is 7.73. The molecule has 8 heteroatoms. The Morgan fingerprint density at radius 1 is 1.10 bits per heavy atom. The number of benzene rings is 2. The van der Waals surface area contributed by atoms with Crippen molar-refractivity contribution in [1.82, 2.24) is 4.98 Å². The quantitative estimate of drug-likeness (QED) is 0.454. The molecule has 2 aromatic carbocycles. The second kappa shape index (κ2) is 8.81. The lowest BCUT2D eigenvalue weighted by molar-refractivity contribution is 0.411. The van der Waals surface area contributed by atoms with Gasteiger partial charge in [-0.2, -0.15) is 0 Å². The van der Waals surface area contributed by atoms with Gasteiger partial charge < -0.3 is 20.7 Å². The van der Waals surface area contributed by atoms with Gasteiger partial charge >= 0.3 is 0 Å². The second-order valence-corrected chi connectivity index (χ2v) is 9.89. The third-order valence-corrected chi connectivity index (χ3v) is 7.12. The summed E-state index contributed by atoms with van der Waals surface area (Å²) in [4.78, 5) is 5.18. The van der Waals surface area contributed by atoms with Crippen LogP contribution in [0.15, 0.2) is 41.4 Å². The minimum atomic E-state index is -1.19. The number of rotatable bonds is 4. The van der Waals surface area contributed by atoms with E-state index in [2.05, 4.69) is 10.3 Å². The molecule has 1 unspecified atom stereocenters. The van der Waals surface area contributed by atoms with E-state index in [9.17, 15) is 9.66 Å². The van der Waals surface area contributed by atoms with Crippen molar-refractivity contribution in [2.75, 3.05) is 11.6 Å². The van der Waals surface area contributed by atoms with Crippen molar-refractivity contribution in [1.29, 1.82) is 0 Å². The van der Waals surface area contributed by atoms with Gasteiger partial charge in [0.2, 0.25) is 0 Å². The van der Waals surface area contributed by atoms with Gasteiger partial charge in [-0.25, -0.2) is 0 Å². The summed E-state index contributed by atoms with van der Waals surface area (Å²) in [5.74, 6) is -0.133. The predicted molar refractivity (Wildman–Crippen MR) is 125 cm³/mol. The number of phenolic OH excluding ortho intramolecular Hbond substituents is 1. The van der Waals surface area contributed by atoms with Crippen LogP contribution in [0.3, 0.4) is 0 Å². The fourth-order valence-electron chi connectivity index (χ4n) is 3.92. The number of pyridine rings is 1. The van der Waals surface area contributed by atoms with Crippen LogP contribution in [0.1, 0.15) is 25.7 Å². The predicted octanol–water partition coefficient (Wildman–Crippen LogP) is 5.33. The smallest absolute Gasteiger partial charge is 0.194 e. The molecule has 30 heavy (non-hydrogen) atoms. The van der Waals surface area contributed by atoms with Crippen molar-refractivity contribution in [2.45, 2.75) is 42.7 Å². The minimum Gasteiger partial charge on any atom is -0.612 e. The number of aromatic hydroxyl groups is 1. The lowest BCUT2D eigenvalue weighted by Crippen LogP contribution is -2.33. The standard InChI is InChI=1S/C22H23Cl2N3O2S/c1-30(29)20-11-26-19-7-2-12(13-9-17(23)22(28)18(24)10-13)8-16(19)21(20)27-15-5-3-14(25)4-6-15/h2,7-11,14-15,28H,3-6,25H2,1H3,(H,26,27). The fraction of sp³-hybridized carbons (Fsp3) is 0.318. The highest BCUT2D eigenvalue weighted by Gasteiger charge is 2.23. The van der Waals surface area contributed by atoms with Crippen LogP contribution in [-0.2, 0) is 11.2 Å². The minimum absolute atomic E-state index is 0.133. The van der Waals surface area contributed by atoms with E-state index in [1.165, 1.54) is 0 Å². The first-order valence-electron chi connectivity index (χ1n) is 9.80. The molecular formula is C22H23Cl2N3O2S. The van der Waals surface area contributed by atoms with Crippen molar-refractivity contribution in [3.8, 4) is 16.9 Å². The van der Waals surface area contributed by atoms with E-state index >= 15 is 0 Å². The van der Waals surface area contributed by atoms with Crippen LogP contribution >= 0.6 is 23.2 Å². The Bertz CT molecular complexity index is 1060. The zero-order valence-electron chi connectivity index (χ0n) is 16.5. The molecule has 5 nitrogen and oxygen atoms in total. The molecule has 0 bridgehead atoms. The molecule has 1 heterocycles.